The van der Waals surface area contributed by atoms with E-state index in [1.807, 2.05) is 55.1 Å². The zero-order valence-corrected chi connectivity index (χ0v) is 15.3. The van der Waals surface area contributed by atoms with Crippen molar-refractivity contribution in [2.75, 3.05) is 6.54 Å². The molecule has 5 nitrogen and oxygen atoms in total. The highest BCUT2D eigenvalue weighted by atomic mass is 16.2. The summed E-state index contributed by atoms with van der Waals surface area (Å²) < 4.78 is 0. The number of rotatable bonds is 5. The van der Waals surface area contributed by atoms with E-state index in [9.17, 15) is 9.59 Å². The Hall–Kier alpha value is -2.69. The van der Waals surface area contributed by atoms with Crippen LogP contribution in [-0.4, -0.2) is 28.2 Å². The Morgan fingerprint density at radius 3 is 2.69 bits per heavy atom. The summed E-state index contributed by atoms with van der Waals surface area (Å²) in [6.07, 6.45) is 4.46. The van der Waals surface area contributed by atoms with Crippen molar-refractivity contribution in [3.8, 4) is 0 Å². The van der Waals surface area contributed by atoms with Gasteiger partial charge in [0.2, 0.25) is 11.8 Å². The first-order valence-electron chi connectivity index (χ1n) is 9.12. The second-order valence-electron chi connectivity index (χ2n) is 6.76. The van der Waals surface area contributed by atoms with Crippen LogP contribution in [0.25, 0.3) is 0 Å². The van der Waals surface area contributed by atoms with Crippen LogP contribution < -0.4 is 5.32 Å². The summed E-state index contributed by atoms with van der Waals surface area (Å²) in [7, 11) is 0. The average molecular weight is 351 g/mol. The van der Waals surface area contributed by atoms with Crippen LogP contribution in [0.5, 0.6) is 0 Å². The van der Waals surface area contributed by atoms with E-state index in [0.29, 0.717) is 25.9 Å². The first-order valence-corrected chi connectivity index (χ1v) is 9.12. The average Bonchev–Trinajstić information content (AvgIpc) is 2.67. The zero-order chi connectivity index (χ0) is 18.5. The van der Waals surface area contributed by atoms with Crippen LogP contribution in [0.1, 0.15) is 42.5 Å². The molecule has 0 saturated carbocycles. The van der Waals surface area contributed by atoms with Crippen molar-refractivity contribution in [2.45, 2.75) is 39.3 Å². The monoisotopic (exact) mass is 351 g/mol. The summed E-state index contributed by atoms with van der Waals surface area (Å²) in [5.74, 6) is -0.133. The molecule has 1 saturated heterocycles. The lowest BCUT2D eigenvalue weighted by Crippen LogP contribution is -2.47. The lowest BCUT2D eigenvalue weighted by molar-refractivity contribution is -0.143. The lowest BCUT2D eigenvalue weighted by atomic mass is 9.83. The van der Waals surface area contributed by atoms with Crippen molar-refractivity contribution in [2.24, 2.45) is 5.92 Å². The van der Waals surface area contributed by atoms with Gasteiger partial charge in [0.15, 0.2) is 0 Å². The van der Waals surface area contributed by atoms with Crippen molar-refractivity contribution in [1.29, 1.82) is 0 Å². The minimum Gasteiger partial charge on any atom is -0.352 e. The quantitative estimate of drug-likeness (QED) is 0.901. The van der Waals surface area contributed by atoms with E-state index in [1.54, 1.807) is 12.4 Å². The molecule has 2 amide bonds. The molecule has 1 aromatic carbocycles. The van der Waals surface area contributed by atoms with Gasteiger partial charge in [-0.1, -0.05) is 35.9 Å². The standard InChI is InChI=1S/C21H25N3O2/c1-3-24-19(25)11-10-18(20(24)17-8-6-15(2)7-9-17)21(26)23-14-16-5-4-12-22-13-16/h4-9,12-13,18,20H,3,10-11,14H2,1-2H3,(H,23,26)/t18-,20+/m1/s1. The molecular weight excluding hydrogens is 326 g/mol. The third kappa shape index (κ3) is 3.93. The van der Waals surface area contributed by atoms with Crippen LogP contribution >= 0.6 is 0 Å². The lowest BCUT2D eigenvalue weighted by Gasteiger charge is -2.40. The fourth-order valence-electron chi connectivity index (χ4n) is 3.60. The maximum absolute atomic E-state index is 12.9. The number of aryl methyl sites for hydroxylation is 1. The van der Waals surface area contributed by atoms with Crippen molar-refractivity contribution in [3.05, 3.63) is 65.5 Å². The number of hydrogen-bond donors (Lipinski definition) is 1. The summed E-state index contributed by atoms with van der Waals surface area (Å²) in [5.41, 5.74) is 3.15. The molecule has 0 bridgehead atoms. The summed E-state index contributed by atoms with van der Waals surface area (Å²) in [4.78, 5) is 31.2. The molecule has 1 fully saturated rings. The Labute approximate surface area is 154 Å². The van der Waals surface area contributed by atoms with Crippen molar-refractivity contribution in [3.63, 3.8) is 0 Å². The largest absolute Gasteiger partial charge is 0.352 e. The van der Waals surface area contributed by atoms with Crippen LogP contribution in [0.3, 0.4) is 0 Å². The number of likely N-dealkylation sites (tertiary alicyclic amines) is 1. The van der Waals surface area contributed by atoms with Crippen LogP contribution in [0.2, 0.25) is 0 Å². The van der Waals surface area contributed by atoms with Crippen LogP contribution in [-0.2, 0) is 16.1 Å². The number of nitrogens with zero attached hydrogens (tertiary/aromatic N) is 2. The van der Waals surface area contributed by atoms with Gasteiger partial charge in [-0.25, -0.2) is 0 Å². The predicted molar refractivity (Wildman–Crippen MR) is 100 cm³/mol. The van der Waals surface area contributed by atoms with Crippen LogP contribution in [0.4, 0.5) is 0 Å². The molecule has 26 heavy (non-hydrogen) atoms. The third-order valence-corrected chi connectivity index (χ3v) is 4.99. The number of piperidine rings is 1. The van der Waals surface area contributed by atoms with E-state index in [4.69, 9.17) is 0 Å². The van der Waals surface area contributed by atoms with E-state index >= 15 is 0 Å². The molecule has 3 rings (SSSR count). The Balaban J connectivity index is 1.81. The van der Waals surface area contributed by atoms with Crippen LogP contribution in [0.15, 0.2) is 48.8 Å². The summed E-state index contributed by atoms with van der Waals surface area (Å²) >= 11 is 0. The normalized spacial score (nSPS) is 20.1. The number of carbonyl (C=O) groups excluding carboxylic acids is 2. The zero-order valence-electron chi connectivity index (χ0n) is 15.3. The SMILES string of the molecule is CCN1C(=O)CC[C@@H](C(=O)NCc2cccnc2)[C@@H]1c1ccc(C)cc1. The highest BCUT2D eigenvalue weighted by molar-refractivity contribution is 5.85. The maximum atomic E-state index is 12.9. The molecule has 0 aliphatic carbocycles. The van der Waals surface area contributed by atoms with Gasteiger partial charge in [-0.2, -0.15) is 0 Å². The topological polar surface area (TPSA) is 62.3 Å². The van der Waals surface area contributed by atoms with Crippen molar-refractivity contribution >= 4 is 11.8 Å². The van der Waals surface area contributed by atoms with Gasteiger partial charge in [0.25, 0.3) is 0 Å². The molecule has 1 aromatic heterocycles. The highest BCUT2D eigenvalue weighted by Crippen LogP contribution is 2.36. The van der Waals surface area contributed by atoms with E-state index in [0.717, 1.165) is 16.7 Å². The minimum atomic E-state index is -0.243. The molecule has 0 unspecified atom stereocenters. The van der Waals surface area contributed by atoms with Crippen LogP contribution in [0, 0.1) is 12.8 Å². The summed E-state index contributed by atoms with van der Waals surface area (Å²) in [6, 6.07) is 11.7. The molecule has 136 valence electrons. The Morgan fingerprint density at radius 2 is 2.04 bits per heavy atom. The van der Waals surface area contributed by atoms with Gasteiger partial charge >= 0.3 is 0 Å². The number of benzene rings is 1. The number of hydrogen-bond acceptors (Lipinski definition) is 3. The molecule has 1 aliphatic rings. The van der Waals surface area contributed by atoms with E-state index in [-0.39, 0.29) is 23.8 Å². The summed E-state index contributed by atoms with van der Waals surface area (Å²) in [5, 5.41) is 3.02. The fourth-order valence-corrected chi connectivity index (χ4v) is 3.60. The molecule has 0 radical (unpaired) electrons. The van der Waals surface area contributed by atoms with Gasteiger partial charge in [0.05, 0.1) is 12.0 Å². The fraction of sp³-hybridized carbons (Fsp3) is 0.381. The number of aromatic nitrogens is 1. The number of carbonyl (C=O) groups is 2. The van der Waals surface area contributed by atoms with E-state index in [2.05, 4.69) is 10.3 Å². The molecule has 0 spiro atoms. The molecule has 2 aromatic rings. The van der Waals surface area contributed by atoms with Gasteiger partial charge in [-0.05, 0) is 37.5 Å². The van der Waals surface area contributed by atoms with Gasteiger partial charge in [-0.15, -0.1) is 0 Å². The molecule has 5 heteroatoms. The minimum absolute atomic E-state index is 0.00891. The van der Waals surface area contributed by atoms with E-state index in [1.165, 1.54) is 0 Å². The maximum Gasteiger partial charge on any atom is 0.225 e. The molecule has 2 atom stereocenters. The molecular formula is C21H25N3O2. The van der Waals surface area contributed by atoms with E-state index < -0.39 is 0 Å². The predicted octanol–water partition coefficient (Wildman–Crippen LogP) is 3.01. The third-order valence-electron chi connectivity index (χ3n) is 4.99. The van der Waals surface area contributed by atoms with Crippen molar-refractivity contribution in [1.82, 2.24) is 15.2 Å². The number of amides is 2. The first-order chi connectivity index (χ1) is 12.6. The number of pyridine rings is 1. The first kappa shape index (κ1) is 18.1. The van der Waals surface area contributed by atoms with Gasteiger partial charge < -0.3 is 10.2 Å². The Bertz CT molecular complexity index is 759. The van der Waals surface area contributed by atoms with Crippen molar-refractivity contribution < 1.29 is 9.59 Å². The smallest absolute Gasteiger partial charge is 0.225 e. The second-order valence-corrected chi connectivity index (χ2v) is 6.76. The summed E-state index contributed by atoms with van der Waals surface area (Å²) in [6.45, 7) is 5.05. The molecule has 1 N–H and O–H groups in total. The van der Waals surface area contributed by atoms with Gasteiger partial charge in [-0.3, -0.25) is 14.6 Å². The van der Waals surface area contributed by atoms with Gasteiger partial charge in [0, 0.05) is 31.9 Å². The van der Waals surface area contributed by atoms with Gasteiger partial charge in [0.1, 0.15) is 0 Å². The molecule has 2 heterocycles. The number of nitrogens with one attached hydrogen (secondary N) is 1. The highest BCUT2D eigenvalue weighted by Gasteiger charge is 2.39. The molecule has 1 aliphatic heterocycles. The Morgan fingerprint density at radius 1 is 1.27 bits per heavy atom. The second kappa shape index (κ2) is 8.13. The Kier molecular flexibility index (Phi) is 5.66.